The largest absolute Gasteiger partial charge is 0.444 e. The van der Waals surface area contributed by atoms with Crippen molar-refractivity contribution in [3.63, 3.8) is 0 Å². The summed E-state index contributed by atoms with van der Waals surface area (Å²) in [5.41, 5.74) is 7.39. The molecule has 3 saturated heterocycles. The van der Waals surface area contributed by atoms with Crippen molar-refractivity contribution >= 4 is 40.8 Å². The molecule has 0 radical (unpaired) electrons. The van der Waals surface area contributed by atoms with Crippen molar-refractivity contribution in [3.05, 3.63) is 23.6 Å². The number of amides is 1. The van der Waals surface area contributed by atoms with E-state index in [4.69, 9.17) is 32.0 Å². The lowest BCUT2D eigenvalue weighted by Crippen LogP contribution is -2.54. The molecule has 0 aromatic carbocycles. The smallest absolute Gasteiger partial charge is 0.410 e. The number of carbonyl (C=O) groups excluding carboxylic acids is 1. The Morgan fingerprint density at radius 3 is 2.26 bits per heavy atom. The summed E-state index contributed by atoms with van der Waals surface area (Å²) in [4.78, 5) is 30.3. The molecule has 12 heteroatoms. The fourth-order valence-corrected chi connectivity index (χ4v) is 5.27. The summed E-state index contributed by atoms with van der Waals surface area (Å²) < 4.78 is 5.49. The second-order valence-corrected chi connectivity index (χ2v) is 10.7. The average Bonchev–Trinajstić information content (AvgIpc) is 3.09. The van der Waals surface area contributed by atoms with Crippen LogP contribution in [0.25, 0.3) is 0 Å². The zero-order chi connectivity index (χ0) is 24.7. The van der Waals surface area contributed by atoms with Crippen LogP contribution in [-0.2, 0) is 4.74 Å². The van der Waals surface area contributed by atoms with Gasteiger partial charge in [-0.1, -0.05) is 11.6 Å². The molecule has 2 atom stereocenters. The van der Waals surface area contributed by atoms with Crippen LogP contribution in [-0.4, -0.2) is 88.1 Å². The predicted molar refractivity (Wildman–Crippen MR) is 135 cm³/mol. The molecule has 188 valence electrons. The minimum Gasteiger partial charge on any atom is -0.444 e. The molecule has 0 spiro atoms. The van der Waals surface area contributed by atoms with Crippen molar-refractivity contribution in [2.75, 3.05) is 59.7 Å². The highest BCUT2D eigenvalue weighted by atomic mass is 35.5. The lowest BCUT2D eigenvalue weighted by Gasteiger charge is -2.42. The number of carbonyl (C=O) groups is 1. The monoisotopic (exact) mass is 501 g/mol. The molecule has 5 heterocycles. The first-order valence-electron chi connectivity index (χ1n) is 12.0. The van der Waals surface area contributed by atoms with Gasteiger partial charge in [0.2, 0.25) is 5.95 Å². The Morgan fingerprint density at radius 1 is 1.03 bits per heavy atom. The van der Waals surface area contributed by atoms with E-state index in [0.29, 0.717) is 36.1 Å². The van der Waals surface area contributed by atoms with E-state index in [1.807, 2.05) is 33.2 Å². The number of fused-ring (bicyclic) bond motifs is 2. The molecule has 35 heavy (non-hydrogen) atoms. The molecule has 2 N–H and O–H groups in total. The molecule has 11 nitrogen and oxygen atoms in total. The molecule has 2 aromatic heterocycles. The van der Waals surface area contributed by atoms with Gasteiger partial charge in [-0.3, -0.25) is 0 Å². The standard InChI is InChI=1S/C23H32ClN9O2/c1-23(2,3)35-22(34)31-8-6-30(7-9-31)17-11-26-21(27-12-17)33-15-4-5-16(33)14-32(13-15)18-10-19(24)28-29-20(18)25/h10-12,15-16H,4-9,13-14H2,1-3H3,(H2,25,29). The third-order valence-corrected chi connectivity index (χ3v) is 6.93. The normalized spacial score (nSPS) is 22.5. The van der Waals surface area contributed by atoms with Crippen LogP contribution in [0.15, 0.2) is 18.5 Å². The number of nitrogens with zero attached hydrogens (tertiary/aromatic N) is 8. The van der Waals surface area contributed by atoms with Crippen LogP contribution >= 0.6 is 11.6 Å². The van der Waals surface area contributed by atoms with E-state index in [9.17, 15) is 4.79 Å². The topological polar surface area (TPSA) is 117 Å². The van der Waals surface area contributed by atoms with Gasteiger partial charge in [0.1, 0.15) is 5.60 Å². The summed E-state index contributed by atoms with van der Waals surface area (Å²) in [7, 11) is 0. The maximum atomic E-state index is 12.3. The number of hydrogen-bond donors (Lipinski definition) is 1. The minimum absolute atomic E-state index is 0.259. The Labute approximate surface area is 210 Å². The second kappa shape index (κ2) is 9.18. The lowest BCUT2D eigenvalue weighted by atomic mass is 10.2. The highest BCUT2D eigenvalue weighted by molar-refractivity contribution is 6.29. The van der Waals surface area contributed by atoms with Crippen molar-refractivity contribution in [3.8, 4) is 0 Å². The molecular formula is C23H32ClN9O2. The number of rotatable bonds is 3. The van der Waals surface area contributed by atoms with Gasteiger partial charge in [-0.05, 0) is 33.6 Å². The first-order chi connectivity index (χ1) is 16.7. The minimum atomic E-state index is -0.488. The summed E-state index contributed by atoms with van der Waals surface area (Å²) in [5.74, 6) is 1.15. The van der Waals surface area contributed by atoms with Crippen molar-refractivity contribution in [1.29, 1.82) is 0 Å². The Balaban J connectivity index is 1.21. The number of halogens is 1. The van der Waals surface area contributed by atoms with E-state index >= 15 is 0 Å². The fourth-order valence-electron chi connectivity index (χ4n) is 5.13. The molecule has 0 aliphatic carbocycles. The quantitative estimate of drug-likeness (QED) is 0.671. The van der Waals surface area contributed by atoms with E-state index in [1.165, 1.54) is 0 Å². The van der Waals surface area contributed by atoms with Gasteiger partial charge in [0, 0.05) is 57.4 Å². The van der Waals surface area contributed by atoms with E-state index in [0.717, 1.165) is 56.3 Å². The molecule has 3 aliphatic rings. The van der Waals surface area contributed by atoms with Crippen LogP contribution < -0.4 is 20.4 Å². The number of hydrogen-bond acceptors (Lipinski definition) is 10. The molecule has 3 aliphatic heterocycles. The first kappa shape index (κ1) is 23.7. The lowest BCUT2D eigenvalue weighted by molar-refractivity contribution is 0.0240. The van der Waals surface area contributed by atoms with Crippen molar-refractivity contribution < 1.29 is 9.53 Å². The predicted octanol–water partition coefficient (Wildman–Crippen LogP) is 2.42. The van der Waals surface area contributed by atoms with Crippen molar-refractivity contribution in [2.45, 2.75) is 51.3 Å². The number of piperazine rings is 2. The fraction of sp³-hybridized carbons (Fsp3) is 0.609. The third kappa shape index (κ3) is 5.00. The van der Waals surface area contributed by atoms with Crippen LogP contribution in [0.1, 0.15) is 33.6 Å². The Hall–Kier alpha value is -3.08. The van der Waals surface area contributed by atoms with Crippen LogP contribution in [0, 0.1) is 0 Å². The molecule has 2 unspecified atom stereocenters. The van der Waals surface area contributed by atoms with Crippen LogP contribution in [0.5, 0.6) is 0 Å². The molecule has 0 saturated carbocycles. The molecule has 1 amide bonds. The second-order valence-electron chi connectivity index (χ2n) is 10.3. The molecule has 2 bridgehead atoms. The van der Waals surface area contributed by atoms with Crippen LogP contribution in [0.3, 0.4) is 0 Å². The van der Waals surface area contributed by atoms with Gasteiger partial charge in [-0.25, -0.2) is 14.8 Å². The number of nitrogen functional groups attached to an aromatic ring is 1. The third-order valence-electron chi connectivity index (χ3n) is 6.75. The number of ether oxygens (including phenoxy) is 1. The number of aromatic nitrogens is 4. The maximum Gasteiger partial charge on any atom is 0.410 e. The van der Waals surface area contributed by atoms with Gasteiger partial charge in [0.05, 0.1) is 23.8 Å². The van der Waals surface area contributed by atoms with Gasteiger partial charge < -0.3 is 30.1 Å². The van der Waals surface area contributed by atoms with E-state index < -0.39 is 5.60 Å². The highest BCUT2D eigenvalue weighted by Crippen LogP contribution is 2.36. The van der Waals surface area contributed by atoms with Crippen LogP contribution in [0.2, 0.25) is 5.15 Å². The number of nitrogens with two attached hydrogens (primary N) is 1. The van der Waals surface area contributed by atoms with E-state index in [1.54, 1.807) is 11.0 Å². The summed E-state index contributed by atoms with van der Waals surface area (Å²) >= 11 is 6.06. The van der Waals surface area contributed by atoms with Gasteiger partial charge in [0.15, 0.2) is 11.0 Å². The summed E-state index contributed by atoms with van der Waals surface area (Å²) in [6, 6.07) is 2.37. The Bertz CT molecular complexity index is 1060. The van der Waals surface area contributed by atoms with E-state index in [2.05, 4.69) is 24.9 Å². The molecule has 2 aromatic rings. The maximum absolute atomic E-state index is 12.3. The van der Waals surface area contributed by atoms with Crippen molar-refractivity contribution in [2.24, 2.45) is 0 Å². The van der Waals surface area contributed by atoms with E-state index in [-0.39, 0.29) is 6.09 Å². The molecular weight excluding hydrogens is 470 g/mol. The SMILES string of the molecule is CC(C)(C)OC(=O)N1CCN(c2cnc(N3C4CCC3CN(c3cc(Cl)nnc3N)C4)nc2)CC1. The van der Waals surface area contributed by atoms with Gasteiger partial charge in [-0.15, -0.1) is 10.2 Å². The molecule has 3 fully saturated rings. The summed E-state index contributed by atoms with van der Waals surface area (Å²) in [5, 5.41) is 8.14. The first-order valence-corrected chi connectivity index (χ1v) is 12.4. The average molecular weight is 502 g/mol. The summed E-state index contributed by atoms with van der Waals surface area (Å²) in [6.45, 7) is 9.92. The van der Waals surface area contributed by atoms with Crippen LogP contribution in [0.4, 0.5) is 27.9 Å². The highest BCUT2D eigenvalue weighted by Gasteiger charge is 2.42. The van der Waals surface area contributed by atoms with Gasteiger partial charge in [0.25, 0.3) is 0 Å². The van der Waals surface area contributed by atoms with Gasteiger partial charge >= 0.3 is 6.09 Å². The van der Waals surface area contributed by atoms with Crippen molar-refractivity contribution in [1.82, 2.24) is 25.1 Å². The Morgan fingerprint density at radius 2 is 1.66 bits per heavy atom. The Kier molecular flexibility index (Phi) is 6.20. The molecule has 5 rings (SSSR count). The number of anilines is 4. The zero-order valence-electron chi connectivity index (χ0n) is 20.4. The van der Waals surface area contributed by atoms with Gasteiger partial charge in [-0.2, -0.15) is 0 Å². The zero-order valence-corrected chi connectivity index (χ0v) is 21.1. The summed E-state index contributed by atoms with van der Waals surface area (Å²) in [6.07, 6.45) is 5.67.